The number of hydrogen-bond acceptors (Lipinski definition) is 5. The Balaban J connectivity index is 1.31. The van der Waals surface area contributed by atoms with Crippen molar-refractivity contribution in [1.82, 2.24) is 0 Å². The van der Waals surface area contributed by atoms with E-state index in [0.717, 1.165) is 21.7 Å². The van der Waals surface area contributed by atoms with Gasteiger partial charge in [-0.25, -0.2) is 0 Å². The molecule has 1 N–H and O–H groups in total. The first-order valence-corrected chi connectivity index (χ1v) is 10.4. The van der Waals surface area contributed by atoms with E-state index >= 15 is 0 Å². The lowest BCUT2D eigenvalue weighted by Gasteiger charge is -2.23. The minimum Gasteiger partial charge on any atom is -0.457 e. The van der Waals surface area contributed by atoms with E-state index in [1.165, 1.54) is 11.8 Å². The molecule has 3 aromatic rings. The first-order valence-electron chi connectivity index (χ1n) is 9.51. The van der Waals surface area contributed by atoms with Crippen molar-refractivity contribution < 1.29 is 19.1 Å². The molecule has 1 heterocycles. The van der Waals surface area contributed by atoms with E-state index in [9.17, 15) is 14.4 Å². The minimum atomic E-state index is -0.576. The van der Waals surface area contributed by atoms with Crippen LogP contribution in [0.3, 0.4) is 0 Å². The summed E-state index contributed by atoms with van der Waals surface area (Å²) < 4.78 is 5.13. The van der Waals surface area contributed by atoms with E-state index in [-0.39, 0.29) is 24.7 Å². The fourth-order valence-corrected chi connectivity index (χ4v) is 4.24. The number of Topliss-reactive ketones (excluding diaryl/α,β-unsaturated/α-hetero) is 1. The average Bonchev–Trinajstić information content (AvgIpc) is 2.78. The smallest absolute Gasteiger partial charge is 0.307 e. The molecule has 150 valence electrons. The number of para-hydroxylation sites is 1. The van der Waals surface area contributed by atoms with Crippen LogP contribution < -0.4 is 5.32 Å². The quantitative estimate of drug-likeness (QED) is 0.469. The Kier molecular flexibility index (Phi) is 5.95. The number of nitrogens with one attached hydrogen (secondary N) is 1. The average molecular weight is 417 g/mol. The fraction of sp³-hybridized carbons (Fsp3) is 0.125. The Morgan fingerprint density at radius 2 is 1.53 bits per heavy atom. The van der Waals surface area contributed by atoms with E-state index in [2.05, 4.69) is 5.32 Å². The van der Waals surface area contributed by atoms with Crippen LogP contribution in [0.1, 0.15) is 16.8 Å². The standard InChI is InChI=1S/C24H19NO4S/c26-20(18-12-10-17(11-13-18)16-6-2-1-3-7-16)15-29-23(27)14-22-24(28)25-19-8-4-5-9-21(19)30-22/h1-13,22H,14-15H2,(H,25,28). The molecule has 6 heteroatoms. The minimum absolute atomic E-state index is 0.0922. The molecular weight excluding hydrogens is 398 g/mol. The van der Waals surface area contributed by atoms with Crippen molar-refractivity contribution in [3.05, 3.63) is 84.4 Å². The van der Waals surface area contributed by atoms with Crippen molar-refractivity contribution in [2.75, 3.05) is 11.9 Å². The number of anilines is 1. The van der Waals surface area contributed by atoms with Crippen LogP contribution in [-0.4, -0.2) is 29.5 Å². The summed E-state index contributed by atoms with van der Waals surface area (Å²) in [4.78, 5) is 37.6. The van der Waals surface area contributed by atoms with Gasteiger partial charge in [0, 0.05) is 10.5 Å². The topological polar surface area (TPSA) is 72.5 Å². The van der Waals surface area contributed by atoms with E-state index in [1.54, 1.807) is 12.1 Å². The number of thioether (sulfide) groups is 1. The molecule has 1 aliphatic rings. The number of ether oxygens (including phenoxy) is 1. The molecule has 30 heavy (non-hydrogen) atoms. The number of carbonyl (C=O) groups is 3. The number of ketones is 1. The normalized spacial score (nSPS) is 15.1. The Morgan fingerprint density at radius 3 is 2.30 bits per heavy atom. The number of rotatable bonds is 6. The maximum absolute atomic E-state index is 12.4. The summed E-state index contributed by atoms with van der Waals surface area (Å²) >= 11 is 1.33. The summed E-state index contributed by atoms with van der Waals surface area (Å²) in [6.07, 6.45) is -0.0922. The monoisotopic (exact) mass is 417 g/mol. The van der Waals surface area contributed by atoms with Gasteiger partial charge in [-0.3, -0.25) is 14.4 Å². The molecule has 1 aliphatic heterocycles. The molecule has 0 aromatic heterocycles. The van der Waals surface area contributed by atoms with Gasteiger partial charge in [0.25, 0.3) is 0 Å². The molecule has 0 spiro atoms. The van der Waals surface area contributed by atoms with Crippen molar-refractivity contribution >= 4 is 35.1 Å². The van der Waals surface area contributed by atoms with Crippen LogP contribution in [0.15, 0.2) is 83.8 Å². The maximum atomic E-state index is 12.4. The van der Waals surface area contributed by atoms with E-state index in [4.69, 9.17) is 4.74 Å². The first-order chi connectivity index (χ1) is 14.6. The van der Waals surface area contributed by atoms with Crippen LogP contribution in [0.2, 0.25) is 0 Å². The third kappa shape index (κ3) is 4.60. The number of benzene rings is 3. The number of fused-ring (bicyclic) bond motifs is 1. The third-order valence-corrected chi connectivity index (χ3v) is 6.01. The third-order valence-electron chi connectivity index (χ3n) is 4.74. The Morgan fingerprint density at radius 1 is 0.867 bits per heavy atom. The highest BCUT2D eigenvalue weighted by molar-refractivity contribution is 8.01. The summed E-state index contributed by atoms with van der Waals surface area (Å²) in [5.41, 5.74) is 3.28. The zero-order valence-corrected chi connectivity index (χ0v) is 16.9. The van der Waals surface area contributed by atoms with Gasteiger partial charge in [-0.05, 0) is 23.3 Å². The van der Waals surface area contributed by atoms with Gasteiger partial charge in [0.05, 0.1) is 17.4 Å². The van der Waals surface area contributed by atoms with Gasteiger partial charge in [0.2, 0.25) is 5.91 Å². The lowest BCUT2D eigenvalue weighted by molar-refractivity contribution is -0.143. The van der Waals surface area contributed by atoms with Crippen molar-refractivity contribution in [3.63, 3.8) is 0 Å². The number of esters is 1. The molecule has 1 unspecified atom stereocenters. The van der Waals surface area contributed by atoms with Gasteiger partial charge in [0.1, 0.15) is 0 Å². The number of hydrogen-bond donors (Lipinski definition) is 1. The van der Waals surface area contributed by atoms with Gasteiger partial charge in [-0.1, -0.05) is 66.7 Å². The molecule has 0 fully saturated rings. The molecule has 0 saturated carbocycles. The summed E-state index contributed by atoms with van der Waals surface area (Å²) in [6.45, 7) is -0.348. The Labute approximate surface area is 178 Å². The van der Waals surface area contributed by atoms with Gasteiger partial charge in [-0.2, -0.15) is 0 Å². The van der Waals surface area contributed by atoms with Crippen LogP contribution in [0.5, 0.6) is 0 Å². The van der Waals surface area contributed by atoms with Crippen molar-refractivity contribution in [1.29, 1.82) is 0 Å². The maximum Gasteiger partial charge on any atom is 0.307 e. The van der Waals surface area contributed by atoms with Crippen molar-refractivity contribution in [2.45, 2.75) is 16.6 Å². The van der Waals surface area contributed by atoms with Gasteiger partial charge < -0.3 is 10.1 Å². The fourth-order valence-electron chi connectivity index (χ4n) is 3.15. The zero-order valence-electron chi connectivity index (χ0n) is 16.0. The van der Waals surface area contributed by atoms with Crippen LogP contribution in [0.4, 0.5) is 5.69 Å². The first kappa shape index (κ1) is 19.9. The Hall–Kier alpha value is -3.38. The van der Waals surface area contributed by atoms with Crippen molar-refractivity contribution in [2.24, 2.45) is 0 Å². The van der Waals surface area contributed by atoms with Gasteiger partial charge >= 0.3 is 5.97 Å². The SMILES string of the molecule is O=C(CC1Sc2ccccc2NC1=O)OCC(=O)c1ccc(-c2ccccc2)cc1. The van der Waals surface area contributed by atoms with Crippen LogP contribution >= 0.6 is 11.8 Å². The highest BCUT2D eigenvalue weighted by Gasteiger charge is 2.29. The molecule has 0 aliphatic carbocycles. The molecule has 1 amide bonds. The van der Waals surface area contributed by atoms with Crippen LogP contribution in [-0.2, 0) is 14.3 Å². The molecular formula is C24H19NO4S. The van der Waals surface area contributed by atoms with Crippen LogP contribution in [0, 0.1) is 0 Å². The van der Waals surface area contributed by atoms with Crippen LogP contribution in [0.25, 0.3) is 11.1 Å². The number of amides is 1. The highest BCUT2D eigenvalue weighted by Crippen LogP contribution is 2.36. The molecule has 0 radical (unpaired) electrons. The largest absolute Gasteiger partial charge is 0.457 e. The Bertz CT molecular complexity index is 1080. The second-order valence-corrected chi connectivity index (χ2v) is 8.07. The van der Waals surface area contributed by atoms with Crippen molar-refractivity contribution in [3.8, 4) is 11.1 Å². The molecule has 0 saturated heterocycles. The summed E-state index contributed by atoms with van der Waals surface area (Å²) in [5.74, 6) is -1.09. The van der Waals surface area contributed by atoms with E-state index in [1.807, 2.05) is 66.7 Å². The number of carbonyl (C=O) groups excluding carboxylic acids is 3. The molecule has 1 atom stereocenters. The molecule has 3 aromatic carbocycles. The second kappa shape index (κ2) is 8.97. The lowest BCUT2D eigenvalue weighted by atomic mass is 10.0. The van der Waals surface area contributed by atoms with E-state index in [0.29, 0.717) is 5.56 Å². The summed E-state index contributed by atoms with van der Waals surface area (Å²) in [6, 6.07) is 24.4. The zero-order chi connectivity index (χ0) is 20.9. The van der Waals surface area contributed by atoms with E-state index < -0.39 is 11.2 Å². The molecule has 5 nitrogen and oxygen atoms in total. The predicted molar refractivity (Wildman–Crippen MR) is 117 cm³/mol. The lowest BCUT2D eigenvalue weighted by Crippen LogP contribution is -2.31. The second-order valence-electron chi connectivity index (χ2n) is 6.82. The van der Waals surface area contributed by atoms with Gasteiger partial charge in [0.15, 0.2) is 12.4 Å². The molecule has 0 bridgehead atoms. The summed E-state index contributed by atoms with van der Waals surface area (Å²) in [7, 11) is 0. The summed E-state index contributed by atoms with van der Waals surface area (Å²) in [5, 5.41) is 2.21. The highest BCUT2D eigenvalue weighted by atomic mass is 32.2. The molecule has 4 rings (SSSR count). The predicted octanol–water partition coefficient (Wildman–Crippen LogP) is 4.58. The van der Waals surface area contributed by atoms with Gasteiger partial charge in [-0.15, -0.1) is 11.8 Å².